The molecule has 0 aliphatic heterocycles. The van der Waals surface area contributed by atoms with E-state index in [1.54, 1.807) is 13.4 Å². The van der Waals surface area contributed by atoms with Crippen molar-refractivity contribution in [2.24, 2.45) is 0 Å². The fraction of sp³-hybridized carbons (Fsp3) is 0.133. The van der Waals surface area contributed by atoms with Crippen molar-refractivity contribution in [1.82, 2.24) is 19.5 Å². The van der Waals surface area contributed by atoms with Crippen LogP contribution in [0.1, 0.15) is 5.56 Å². The van der Waals surface area contributed by atoms with Gasteiger partial charge < -0.3 is 9.88 Å². The summed E-state index contributed by atoms with van der Waals surface area (Å²) >= 11 is 5.94. The molecule has 0 aliphatic carbocycles. The van der Waals surface area contributed by atoms with Crippen molar-refractivity contribution in [3.8, 4) is 0 Å². The molecule has 0 fully saturated rings. The van der Waals surface area contributed by atoms with Crippen LogP contribution in [0.3, 0.4) is 0 Å². The number of fused-ring (bicyclic) bond motifs is 1. The summed E-state index contributed by atoms with van der Waals surface area (Å²) in [6, 6.07) is 10.1. The first kappa shape index (κ1) is 13.6. The highest BCUT2D eigenvalue weighted by Crippen LogP contribution is 2.20. The zero-order chi connectivity index (χ0) is 14.7. The van der Waals surface area contributed by atoms with Crippen molar-refractivity contribution >= 4 is 34.7 Å². The fourth-order valence-corrected chi connectivity index (χ4v) is 2.26. The third-order valence-corrected chi connectivity index (χ3v) is 3.25. The average Bonchev–Trinajstić information content (AvgIpc) is 2.90. The molecule has 0 radical (unpaired) electrons. The molecule has 6 heteroatoms. The summed E-state index contributed by atoms with van der Waals surface area (Å²) in [7, 11) is 1.78. The Morgan fingerprint density at radius 2 is 2.05 bits per heavy atom. The highest BCUT2D eigenvalue weighted by Gasteiger charge is 2.10. The molecule has 0 aliphatic rings. The van der Waals surface area contributed by atoms with Gasteiger partial charge in [0, 0.05) is 13.6 Å². The average molecular weight is 300 g/mol. The molecule has 3 rings (SSSR count). The van der Waals surface area contributed by atoms with E-state index in [9.17, 15) is 0 Å². The Labute approximate surface area is 127 Å². The molecule has 1 aromatic carbocycles. The number of nitrogens with zero attached hydrogens (tertiary/aromatic N) is 4. The number of benzene rings is 1. The van der Waals surface area contributed by atoms with E-state index >= 15 is 0 Å². The zero-order valence-electron chi connectivity index (χ0n) is 11.5. The van der Waals surface area contributed by atoms with Crippen LogP contribution < -0.4 is 5.32 Å². The standard InChI is InChI=1S/C15H14ClN5/c1-17-13-12-14(20-15(16)19-13)21(10-18-12)9-5-8-11-6-3-2-4-7-11/h2-8,10H,9H2,1H3,(H,17,19,20)/b8-5+. The van der Waals surface area contributed by atoms with Crippen LogP contribution in [0.5, 0.6) is 0 Å². The predicted octanol–water partition coefficient (Wildman–Crippen LogP) is 3.23. The van der Waals surface area contributed by atoms with Gasteiger partial charge in [-0.2, -0.15) is 9.97 Å². The number of allylic oxidation sites excluding steroid dienone is 1. The lowest BCUT2D eigenvalue weighted by molar-refractivity contribution is 0.839. The lowest BCUT2D eigenvalue weighted by atomic mass is 10.2. The van der Waals surface area contributed by atoms with Crippen molar-refractivity contribution in [2.75, 3.05) is 12.4 Å². The second kappa shape index (κ2) is 5.93. The van der Waals surface area contributed by atoms with Gasteiger partial charge in [-0.3, -0.25) is 0 Å². The molecule has 2 heterocycles. The molecule has 5 nitrogen and oxygen atoms in total. The molecular weight excluding hydrogens is 286 g/mol. The number of halogens is 1. The molecule has 21 heavy (non-hydrogen) atoms. The van der Waals surface area contributed by atoms with E-state index in [1.165, 1.54) is 0 Å². The molecule has 0 bridgehead atoms. The van der Waals surface area contributed by atoms with Crippen LogP contribution in [0, 0.1) is 0 Å². The Hall–Kier alpha value is -2.40. The van der Waals surface area contributed by atoms with Crippen LogP contribution in [0.15, 0.2) is 42.7 Å². The molecule has 106 valence electrons. The van der Waals surface area contributed by atoms with Gasteiger partial charge in [-0.25, -0.2) is 4.98 Å². The summed E-state index contributed by atoms with van der Waals surface area (Å²) in [5.41, 5.74) is 2.59. The minimum Gasteiger partial charge on any atom is -0.371 e. The highest BCUT2D eigenvalue weighted by molar-refractivity contribution is 6.28. The summed E-state index contributed by atoms with van der Waals surface area (Å²) < 4.78 is 1.93. The molecule has 0 unspecified atom stereocenters. The quantitative estimate of drug-likeness (QED) is 0.752. The van der Waals surface area contributed by atoms with E-state index in [1.807, 2.05) is 22.8 Å². The van der Waals surface area contributed by atoms with Gasteiger partial charge in [-0.15, -0.1) is 0 Å². The fourth-order valence-electron chi connectivity index (χ4n) is 2.09. The Balaban J connectivity index is 1.88. The van der Waals surface area contributed by atoms with Crippen LogP contribution in [0.25, 0.3) is 17.2 Å². The van der Waals surface area contributed by atoms with E-state index in [2.05, 4.69) is 44.6 Å². The largest absolute Gasteiger partial charge is 0.371 e. The van der Waals surface area contributed by atoms with E-state index in [4.69, 9.17) is 11.6 Å². The Morgan fingerprint density at radius 1 is 1.24 bits per heavy atom. The third kappa shape index (κ3) is 2.87. The van der Waals surface area contributed by atoms with Crippen LogP contribution in [0.4, 0.5) is 5.82 Å². The monoisotopic (exact) mass is 299 g/mol. The minimum absolute atomic E-state index is 0.209. The van der Waals surface area contributed by atoms with E-state index in [-0.39, 0.29) is 5.28 Å². The van der Waals surface area contributed by atoms with Crippen molar-refractivity contribution < 1.29 is 0 Å². The van der Waals surface area contributed by atoms with E-state index in [0.717, 1.165) is 16.7 Å². The smallest absolute Gasteiger partial charge is 0.226 e. The summed E-state index contributed by atoms with van der Waals surface area (Å²) in [5, 5.41) is 3.19. The van der Waals surface area contributed by atoms with E-state index in [0.29, 0.717) is 12.4 Å². The van der Waals surface area contributed by atoms with Gasteiger partial charge in [0.25, 0.3) is 0 Å². The number of hydrogen-bond acceptors (Lipinski definition) is 4. The topological polar surface area (TPSA) is 55.6 Å². The second-order valence-corrected chi connectivity index (χ2v) is 4.81. The molecule has 0 saturated carbocycles. The normalized spacial score (nSPS) is 11.3. The van der Waals surface area contributed by atoms with Crippen molar-refractivity contribution in [1.29, 1.82) is 0 Å². The van der Waals surface area contributed by atoms with Gasteiger partial charge in [0.15, 0.2) is 17.0 Å². The summed E-state index contributed by atoms with van der Waals surface area (Å²) in [6.45, 7) is 0.669. The van der Waals surface area contributed by atoms with Gasteiger partial charge in [0.2, 0.25) is 5.28 Å². The third-order valence-electron chi connectivity index (χ3n) is 3.09. The minimum atomic E-state index is 0.209. The molecule has 0 spiro atoms. The van der Waals surface area contributed by atoms with Crippen molar-refractivity contribution in [2.45, 2.75) is 6.54 Å². The summed E-state index contributed by atoms with van der Waals surface area (Å²) in [6.07, 6.45) is 5.87. The maximum atomic E-state index is 5.94. The first-order valence-corrected chi connectivity index (χ1v) is 6.93. The Bertz CT molecular complexity index is 779. The molecular formula is C15H14ClN5. The van der Waals surface area contributed by atoms with Crippen molar-refractivity contribution in [3.05, 3.63) is 53.6 Å². The number of rotatable bonds is 4. The summed E-state index contributed by atoms with van der Waals surface area (Å²) in [4.78, 5) is 12.7. The van der Waals surface area contributed by atoms with Gasteiger partial charge in [-0.1, -0.05) is 42.5 Å². The predicted molar refractivity (Wildman–Crippen MR) is 85.4 cm³/mol. The molecule has 0 atom stereocenters. The SMILES string of the molecule is CNc1nc(Cl)nc2c1ncn2C/C=C/c1ccccc1. The lowest BCUT2D eigenvalue weighted by Crippen LogP contribution is -1.99. The molecule has 0 amide bonds. The number of nitrogens with one attached hydrogen (secondary N) is 1. The van der Waals surface area contributed by atoms with Crippen LogP contribution >= 0.6 is 11.6 Å². The van der Waals surface area contributed by atoms with Gasteiger partial charge in [0.1, 0.15) is 0 Å². The number of imidazole rings is 1. The number of aromatic nitrogens is 4. The Kier molecular flexibility index (Phi) is 3.83. The molecule has 3 aromatic rings. The van der Waals surface area contributed by atoms with Gasteiger partial charge >= 0.3 is 0 Å². The van der Waals surface area contributed by atoms with Crippen LogP contribution in [-0.4, -0.2) is 26.6 Å². The van der Waals surface area contributed by atoms with Gasteiger partial charge in [0.05, 0.1) is 6.33 Å². The number of hydrogen-bond donors (Lipinski definition) is 1. The Morgan fingerprint density at radius 3 is 2.81 bits per heavy atom. The zero-order valence-corrected chi connectivity index (χ0v) is 12.2. The lowest BCUT2D eigenvalue weighted by Gasteiger charge is -2.02. The molecule has 2 aromatic heterocycles. The summed E-state index contributed by atoms with van der Waals surface area (Å²) in [5.74, 6) is 0.635. The maximum absolute atomic E-state index is 5.94. The molecule has 0 saturated heterocycles. The van der Waals surface area contributed by atoms with Crippen LogP contribution in [0.2, 0.25) is 5.28 Å². The van der Waals surface area contributed by atoms with Gasteiger partial charge in [-0.05, 0) is 17.2 Å². The highest BCUT2D eigenvalue weighted by atomic mass is 35.5. The second-order valence-electron chi connectivity index (χ2n) is 4.47. The first-order chi connectivity index (χ1) is 10.3. The first-order valence-electron chi connectivity index (χ1n) is 6.55. The van der Waals surface area contributed by atoms with Crippen molar-refractivity contribution in [3.63, 3.8) is 0 Å². The van der Waals surface area contributed by atoms with E-state index < -0.39 is 0 Å². The van der Waals surface area contributed by atoms with Crippen LogP contribution in [-0.2, 0) is 6.54 Å². The maximum Gasteiger partial charge on any atom is 0.226 e. The number of anilines is 1. The molecule has 1 N–H and O–H groups in total.